The van der Waals surface area contributed by atoms with Gasteiger partial charge >= 0.3 is 0 Å². The summed E-state index contributed by atoms with van der Waals surface area (Å²) in [4.78, 5) is 14.5. The second kappa shape index (κ2) is 7.18. The Morgan fingerprint density at radius 3 is 2.38 bits per heavy atom. The average molecular weight is 418 g/mol. The zero-order chi connectivity index (χ0) is 20.8. The number of anilines is 2. The topological polar surface area (TPSA) is 113 Å². The first-order valence-corrected chi connectivity index (χ1v) is 11.5. The van der Waals surface area contributed by atoms with Crippen molar-refractivity contribution < 1.29 is 18.3 Å². The van der Waals surface area contributed by atoms with Crippen molar-refractivity contribution in [3.05, 3.63) is 35.9 Å². The number of nitrogens with one attached hydrogen (secondary N) is 1. The zero-order valence-corrected chi connectivity index (χ0v) is 17.3. The van der Waals surface area contributed by atoms with Crippen LogP contribution in [0.4, 0.5) is 11.4 Å². The molecule has 0 radical (unpaired) electrons. The Kier molecular flexibility index (Phi) is 4.94. The lowest BCUT2D eigenvalue weighted by molar-refractivity contribution is 0.100. The summed E-state index contributed by atoms with van der Waals surface area (Å²) in [6, 6.07) is 8.87. The minimum absolute atomic E-state index is 0.396. The van der Waals surface area contributed by atoms with E-state index >= 15 is 0 Å². The maximum atomic E-state index is 12.6. The van der Waals surface area contributed by atoms with Crippen LogP contribution in [0.1, 0.15) is 43.0 Å². The Morgan fingerprint density at radius 2 is 1.83 bits per heavy atom. The fourth-order valence-electron chi connectivity index (χ4n) is 4.20. The molecule has 2 aliphatic rings. The van der Waals surface area contributed by atoms with Crippen molar-refractivity contribution in [1.82, 2.24) is 0 Å². The summed E-state index contributed by atoms with van der Waals surface area (Å²) in [6.07, 6.45) is 4.68. The van der Waals surface area contributed by atoms with Crippen LogP contribution in [-0.4, -0.2) is 44.4 Å². The molecule has 4 rings (SSSR count). The fourth-order valence-corrected chi connectivity index (χ4v) is 5.08. The lowest BCUT2D eigenvalue weighted by Crippen LogP contribution is -2.36. The van der Waals surface area contributed by atoms with Gasteiger partial charge in [0.2, 0.25) is 10.0 Å². The summed E-state index contributed by atoms with van der Waals surface area (Å²) in [5.41, 5.74) is 7.72. The van der Waals surface area contributed by atoms with E-state index in [4.69, 9.17) is 5.73 Å². The number of hydrogen-bond donors (Lipinski definition) is 3. The molecule has 1 heterocycles. The molecule has 1 saturated carbocycles. The molecular formula is C21H27N3O4S. The minimum atomic E-state index is -3.78. The third-order valence-electron chi connectivity index (χ3n) is 6.43. The second-order valence-corrected chi connectivity index (χ2v) is 10.5. The zero-order valence-electron chi connectivity index (χ0n) is 16.5. The van der Waals surface area contributed by atoms with Gasteiger partial charge in [-0.2, -0.15) is 0 Å². The molecular weight excluding hydrogens is 390 g/mol. The molecule has 1 unspecified atom stereocenters. The van der Waals surface area contributed by atoms with Crippen LogP contribution in [0.2, 0.25) is 0 Å². The van der Waals surface area contributed by atoms with Crippen molar-refractivity contribution in [1.29, 1.82) is 0 Å². The maximum Gasteiger partial charge on any atom is 0.251 e. The van der Waals surface area contributed by atoms with Crippen molar-refractivity contribution in [3.8, 4) is 0 Å². The summed E-state index contributed by atoms with van der Waals surface area (Å²) in [5.74, 6) is -0.527. The quantitative estimate of drug-likeness (QED) is 0.668. The molecule has 1 amide bonds. The predicted molar refractivity (Wildman–Crippen MR) is 115 cm³/mol. The Labute approximate surface area is 170 Å². The number of carbonyl (C=O) groups excluding carboxylic acids is 1. The summed E-state index contributed by atoms with van der Waals surface area (Å²) >= 11 is 0. The van der Waals surface area contributed by atoms with Gasteiger partial charge in [-0.05, 0) is 49.5 Å². The SMILES string of the molecule is CC(CO)S(=O)(=O)Nc1cc(N2CCC3(CC2)CC3)c(C(N)=O)c2ccccc12. The average Bonchev–Trinajstić information content (AvgIpc) is 3.46. The first-order chi connectivity index (χ1) is 13.8. The van der Waals surface area contributed by atoms with Gasteiger partial charge in [0.05, 0.1) is 23.5 Å². The number of nitrogens with two attached hydrogens (primary N) is 1. The van der Waals surface area contributed by atoms with Gasteiger partial charge in [0.25, 0.3) is 5.91 Å². The molecule has 156 valence electrons. The molecule has 7 nitrogen and oxygen atoms in total. The largest absolute Gasteiger partial charge is 0.395 e. The van der Waals surface area contributed by atoms with E-state index in [1.165, 1.54) is 19.8 Å². The van der Waals surface area contributed by atoms with Crippen LogP contribution in [0.25, 0.3) is 10.8 Å². The van der Waals surface area contributed by atoms with E-state index in [2.05, 4.69) is 9.62 Å². The number of sulfonamides is 1. The molecule has 1 aliphatic carbocycles. The van der Waals surface area contributed by atoms with Crippen molar-refractivity contribution in [2.24, 2.45) is 11.1 Å². The number of aliphatic hydroxyl groups is 1. The van der Waals surface area contributed by atoms with Gasteiger partial charge in [-0.15, -0.1) is 0 Å². The Morgan fingerprint density at radius 1 is 1.21 bits per heavy atom. The number of carbonyl (C=O) groups is 1. The number of fused-ring (bicyclic) bond motifs is 1. The highest BCUT2D eigenvalue weighted by Gasteiger charge is 2.44. The molecule has 2 fully saturated rings. The number of rotatable bonds is 6. The molecule has 4 N–H and O–H groups in total. The van der Waals surface area contributed by atoms with E-state index in [0.29, 0.717) is 33.1 Å². The number of benzene rings is 2. The van der Waals surface area contributed by atoms with Gasteiger partial charge < -0.3 is 15.7 Å². The van der Waals surface area contributed by atoms with Crippen LogP contribution in [0.5, 0.6) is 0 Å². The first-order valence-electron chi connectivity index (χ1n) is 9.99. The highest BCUT2D eigenvalue weighted by molar-refractivity contribution is 7.93. The van der Waals surface area contributed by atoms with Crippen LogP contribution >= 0.6 is 0 Å². The number of piperidine rings is 1. The second-order valence-electron chi connectivity index (χ2n) is 8.36. The number of amides is 1. The molecule has 0 aromatic heterocycles. The third-order valence-corrected chi connectivity index (χ3v) is 8.14. The van der Waals surface area contributed by atoms with Crippen LogP contribution in [-0.2, 0) is 10.0 Å². The van der Waals surface area contributed by atoms with E-state index in [-0.39, 0.29) is 0 Å². The van der Waals surface area contributed by atoms with E-state index in [9.17, 15) is 18.3 Å². The number of nitrogens with zero attached hydrogens (tertiary/aromatic N) is 1. The molecule has 29 heavy (non-hydrogen) atoms. The van der Waals surface area contributed by atoms with E-state index < -0.39 is 27.8 Å². The van der Waals surface area contributed by atoms with Crippen LogP contribution in [0.3, 0.4) is 0 Å². The molecule has 2 aromatic carbocycles. The van der Waals surface area contributed by atoms with E-state index in [1.807, 2.05) is 6.07 Å². The molecule has 1 atom stereocenters. The highest BCUT2D eigenvalue weighted by Crippen LogP contribution is 2.54. The normalized spacial score (nSPS) is 19.3. The number of primary amides is 1. The monoisotopic (exact) mass is 417 g/mol. The molecule has 1 spiro atoms. The standard InChI is InChI=1S/C21H27N3O4S/c1-14(13-25)29(27,28)23-17-12-18(24-10-8-21(6-7-21)9-11-24)19(20(22)26)16-5-3-2-4-15(16)17/h2-5,12,14,23,25H,6-11,13H2,1H3,(H2,22,26). The lowest BCUT2D eigenvalue weighted by atomic mass is 9.92. The van der Waals surface area contributed by atoms with Crippen molar-refractivity contribution in [2.45, 2.75) is 37.9 Å². The summed E-state index contributed by atoms with van der Waals surface area (Å²) in [6.45, 7) is 2.60. The summed E-state index contributed by atoms with van der Waals surface area (Å²) < 4.78 is 27.8. The Bertz CT molecular complexity index is 1050. The third kappa shape index (κ3) is 3.67. The van der Waals surface area contributed by atoms with Gasteiger partial charge in [0.15, 0.2) is 0 Å². The van der Waals surface area contributed by atoms with Crippen molar-refractivity contribution in [2.75, 3.05) is 29.3 Å². The van der Waals surface area contributed by atoms with Crippen LogP contribution < -0.4 is 15.4 Å². The molecule has 2 aromatic rings. The maximum absolute atomic E-state index is 12.6. The van der Waals surface area contributed by atoms with Crippen molar-refractivity contribution >= 4 is 38.1 Å². The van der Waals surface area contributed by atoms with E-state index in [0.717, 1.165) is 25.9 Å². The molecule has 1 saturated heterocycles. The van der Waals surface area contributed by atoms with Gasteiger partial charge in [-0.1, -0.05) is 24.3 Å². The van der Waals surface area contributed by atoms with Crippen LogP contribution in [0.15, 0.2) is 30.3 Å². The van der Waals surface area contributed by atoms with Gasteiger partial charge in [-0.3, -0.25) is 9.52 Å². The summed E-state index contributed by atoms with van der Waals surface area (Å²) in [5, 5.41) is 9.58. The predicted octanol–water partition coefficient (Wildman–Crippen LogP) is 2.44. The fraction of sp³-hybridized carbons (Fsp3) is 0.476. The molecule has 1 aliphatic heterocycles. The van der Waals surface area contributed by atoms with E-state index in [1.54, 1.807) is 24.3 Å². The van der Waals surface area contributed by atoms with Gasteiger partial charge in [0, 0.05) is 18.5 Å². The minimum Gasteiger partial charge on any atom is -0.395 e. The van der Waals surface area contributed by atoms with Gasteiger partial charge in [0.1, 0.15) is 5.25 Å². The van der Waals surface area contributed by atoms with Gasteiger partial charge in [-0.25, -0.2) is 8.42 Å². The lowest BCUT2D eigenvalue weighted by Gasteiger charge is -2.35. The molecule has 0 bridgehead atoms. The highest BCUT2D eigenvalue weighted by atomic mass is 32.2. The van der Waals surface area contributed by atoms with Crippen LogP contribution in [0, 0.1) is 5.41 Å². The van der Waals surface area contributed by atoms with Crippen molar-refractivity contribution in [3.63, 3.8) is 0 Å². The Hall–Kier alpha value is -2.32. The summed E-state index contributed by atoms with van der Waals surface area (Å²) in [7, 11) is -3.78. The Balaban J connectivity index is 1.83. The smallest absolute Gasteiger partial charge is 0.251 e. The molecule has 8 heteroatoms. The number of aliphatic hydroxyl groups excluding tert-OH is 1. The first kappa shape index (κ1) is 20.0. The number of hydrogen-bond acceptors (Lipinski definition) is 5.